The van der Waals surface area contributed by atoms with Crippen molar-refractivity contribution in [2.45, 2.75) is 31.0 Å². The molecular formula is C12H17N5O4. The quantitative estimate of drug-likeness (QED) is 0.560. The van der Waals surface area contributed by atoms with Gasteiger partial charge in [0.2, 0.25) is 0 Å². The van der Waals surface area contributed by atoms with Crippen LogP contribution in [0.1, 0.15) is 13.2 Å². The summed E-state index contributed by atoms with van der Waals surface area (Å²) in [6.07, 6.45) is -0.153. The highest BCUT2D eigenvalue weighted by Gasteiger charge is 2.53. The second kappa shape index (κ2) is 4.88. The van der Waals surface area contributed by atoms with E-state index in [9.17, 15) is 15.3 Å². The molecule has 0 aromatic carbocycles. The number of ether oxygens (including phenoxy) is 1. The van der Waals surface area contributed by atoms with Gasteiger partial charge in [0.15, 0.2) is 17.7 Å². The fourth-order valence-electron chi connectivity index (χ4n) is 2.60. The van der Waals surface area contributed by atoms with Crippen molar-refractivity contribution >= 4 is 17.0 Å². The highest BCUT2D eigenvalue weighted by molar-refractivity contribution is 5.82. The van der Waals surface area contributed by atoms with Crippen LogP contribution in [0.2, 0.25) is 0 Å². The van der Waals surface area contributed by atoms with Crippen molar-refractivity contribution in [2.24, 2.45) is 0 Å². The normalized spacial score (nSPS) is 32.7. The number of hydrogen-bond donors (Lipinski definition) is 4. The first-order valence-corrected chi connectivity index (χ1v) is 6.52. The number of fused-ring (bicyclic) bond motifs is 1. The molecule has 3 rings (SSSR count). The van der Waals surface area contributed by atoms with Gasteiger partial charge in [0.1, 0.15) is 29.7 Å². The number of imidazole rings is 1. The van der Waals surface area contributed by atoms with Gasteiger partial charge < -0.3 is 25.4 Å². The molecule has 0 radical (unpaired) electrons. The maximum absolute atomic E-state index is 10.5. The Morgan fingerprint density at radius 3 is 2.81 bits per heavy atom. The van der Waals surface area contributed by atoms with Gasteiger partial charge in [-0.15, -0.1) is 0 Å². The van der Waals surface area contributed by atoms with Crippen molar-refractivity contribution in [3.05, 3.63) is 12.7 Å². The molecule has 4 N–H and O–H groups in total. The molecule has 1 saturated heterocycles. The summed E-state index contributed by atoms with van der Waals surface area (Å²) in [5, 5.41) is 32.7. The Balaban J connectivity index is 2.09. The highest BCUT2D eigenvalue weighted by Crippen LogP contribution is 2.39. The number of rotatable bonds is 3. The first-order valence-electron chi connectivity index (χ1n) is 6.52. The van der Waals surface area contributed by atoms with Crippen LogP contribution in [-0.4, -0.2) is 66.3 Å². The molecule has 9 heteroatoms. The van der Waals surface area contributed by atoms with Gasteiger partial charge >= 0.3 is 0 Å². The van der Waals surface area contributed by atoms with E-state index in [0.717, 1.165) is 0 Å². The van der Waals surface area contributed by atoms with Crippen molar-refractivity contribution in [3.63, 3.8) is 0 Å². The van der Waals surface area contributed by atoms with Gasteiger partial charge in [-0.1, -0.05) is 0 Å². The molecule has 1 aliphatic heterocycles. The van der Waals surface area contributed by atoms with Gasteiger partial charge in [-0.25, -0.2) is 15.0 Å². The first-order chi connectivity index (χ1) is 10.0. The van der Waals surface area contributed by atoms with Crippen LogP contribution in [-0.2, 0) is 4.74 Å². The Hall–Kier alpha value is -1.81. The average molecular weight is 295 g/mol. The predicted octanol–water partition coefficient (Wildman–Crippen LogP) is -1.13. The molecule has 4 atom stereocenters. The first kappa shape index (κ1) is 14.1. The Labute approximate surface area is 120 Å². The molecule has 2 aromatic heterocycles. The largest absolute Gasteiger partial charge is 0.394 e. The molecule has 1 aliphatic rings. The third-order valence-corrected chi connectivity index (χ3v) is 3.78. The smallest absolute Gasteiger partial charge is 0.168 e. The van der Waals surface area contributed by atoms with E-state index >= 15 is 0 Å². The van der Waals surface area contributed by atoms with Crippen molar-refractivity contribution in [2.75, 3.05) is 19.0 Å². The van der Waals surface area contributed by atoms with Gasteiger partial charge in [-0.3, -0.25) is 4.57 Å². The molecule has 0 spiro atoms. The number of hydrogen-bond acceptors (Lipinski definition) is 8. The lowest BCUT2D eigenvalue weighted by atomic mass is 9.96. The number of aliphatic hydroxyl groups excluding tert-OH is 2. The molecular weight excluding hydrogens is 278 g/mol. The summed E-state index contributed by atoms with van der Waals surface area (Å²) in [7, 11) is 1.72. The zero-order valence-electron chi connectivity index (χ0n) is 11.6. The molecule has 2 aromatic rings. The van der Waals surface area contributed by atoms with E-state index in [-0.39, 0.29) is 0 Å². The highest BCUT2D eigenvalue weighted by atomic mass is 16.6. The zero-order chi connectivity index (χ0) is 15.2. The third-order valence-electron chi connectivity index (χ3n) is 3.78. The third kappa shape index (κ3) is 1.97. The van der Waals surface area contributed by atoms with Crippen LogP contribution in [0.4, 0.5) is 5.82 Å². The van der Waals surface area contributed by atoms with E-state index in [0.29, 0.717) is 17.0 Å². The fourth-order valence-corrected chi connectivity index (χ4v) is 2.60. The van der Waals surface area contributed by atoms with Crippen LogP contribution < -0.4 is 5.32 Å². The molecule has 0 saturated carbocycles. The molecule has 0 unspecified atom stereocenters. The SMILES string of the molecule is CNc1ncnc2c1ncn2[C@@H]1O[C@H](CO)[C@H](O)[C@@]1(C)O. The van der Waals surface area contributed by atoms with E-state index in [1.165, 1.54) is 24.1 Å². The summed E-state index contributed by atoms with van der Waals surface area (Å²) >= 11 is 0. The molecule has 9 nitrogen and oxygen atoms in total. The zero-order valence-corrected chi connectivity index (χ0v) is 11.6. The van der Waals surface area contributed by atoms with Crippen LogP contribution >= 0.6 is 0 Å². The topological polar surface area (TPSA) is 126 Å². The predicted molar refractivity (Wildman–Crippen MR) is 72.5 cm³/mol. The molecule has 0 aliphatic carbocycles. The van der Waals surface area contributed by atoms with E-state index < -0.39 is 30.6 Å². The van der Waals surface area contributed by atoms with E-state index in [2.05, 4.69) is 20.3 Å². The summed E-state index contributed by atoms with van der Waals surface area (Å²) in [4.78, 5) is 12.4. The van der Waals surface area contributed by atoms with Gasteiger partial charge in [-0.2, -0.15) is 0 Å². The number of aromatic nitrogens is 4. The molecule has 0 amide bonds. The van der Waals surface area contributed by atoms with E-state index in [1.54, 1.807) is 7.05 Å². The minimum Gasteiger partial charge on any atom is -0.394 e. The number of aliphatic hydroxyl groups is 3. The maximum atomic E-state index is 10.5. The summed E-state index contributed by atoms with van der Waals surface area (Å²) < 4.78 is 7.08. The summed E-state index contributed by atoms with van der Waals surface area (Å²) in [5.74, 6) is 0.552. The fraction of sp³-hybridized carbons (Fsp3) is 0.583. The van der Waals surface area contributed by atoms with Crippen molar-refractivity contribution < 1.29 is 20.1 Å². The van der Waals surface area contributed by atoms with Crippen LogP contribution in [0.15, 0.2) is 12.7 Å². The summed E-state index contributed by atoms with van der Waals surface area (Å²) in [5.41, 5.74) is -0.585. The standard InChI is InChI=1S/C12H17N5O4/c1-12(20)8(19)6(3-18)21-11(12)17-5-16-7-9(13-2)14-4-15-10(7)17/h4-6,8,11,18-20H,3H2,1-2H3,(H,13,14,15)/t6-,8+,11-,12-/m1/s1. The summed E-state index contributed by atoms with van der Waals surface area (Å²) in [6, 6.07) is 0. The van der Waals surface area contributed by atoms with Crippen molar-refractivity contribution in [1.29, 1.82) is 0 Å². The molecule has 3 heterocycles. The average Bonchev–Trinajstić information content (AvgIpc) is 2.99. The number of nitrogens with zero attached hydrogens (tertiary/aromatic N) is 4. The van der Waals surface area contributed by atoms with Gasteiger partial charge in [-0.05, 0) is 6.92 Å². The second-order valence-electron chi connectivity index (χ2n) is 5.18. The minimum atomic E-state index is -1.58. The van der Waals surface area contributed by atoms with Crippen molar-refractivity contribution in [1.82, 2.24) is 19.5 Å². The summed E-state index contributed by atoms with van der Waals surface area (Å²) in [6.45, 7) is 1.06. The lowest BCUT2D eigenvalue weighted by molar-refractivity contribution is -0.0950. The van der Waals surface area contributed by atoms with Crippen LogP contribution in [0.3, 0.4) is 0 Å². The lowest BCUT2D eigenvalue weighted by Gasteiger charge is -2.27. The van der Waals surface area contributed by atoms with Crippen LogP contribution in [0, 0.1) is 0 Å². The molecule has 114 valence electrons. The second-order valence-corrected chi connectivity index (χ2v) is 5.18. The van der Waals surface area contributed by atoms with Gasteiger partial charge in [0.05, 0.1) is 12.9 Å². The number of anilines is 1. The monoisotopic (exact) mass is 295 g/mol. The Morgan fingerprint density at radius 2 is 2.19 bits per heavy atom. The van der Waals surface area contributed by atoms with Crippen molar-refractivity contribution in [3.8, 4) is 0 Å². The van der Waals surface area contributed by atoms with Crippen LogP contribution in [0.5, 0.6) is 0 Å². The van der Waals surface area contributed by atoms with E-state index in [4.69, 9.17) is 4.74 Å². The molecule has 0 bridgehead atoms. The van der Waals surface area contributed by atoms with Gasteiger partial charge in [0, 0.05) is 7.05 Å². The van der Waals surface area contributed by atoms with Crippen LogP contribution in [0.25, 0.3) is 11.2 Å². The number of nitrogens with one attached hydrogen (secondary N) is 1. The maximum Gasteiger partial charge on any atom is 0.168 e. The Kier molecular flexibility index (Phi) is 3.29. The molecule has 21 heavy (non-hydrogen) atoms. The minimum absolute atomic E-state index is 0.392. The van der Waals surface area contributed by atoms with Gasteiger partial charge in [0.25, 0.3) is 0 Å². The Morgan fingerprint density at radius 1 is 1.43 bits per heavy atom. The lowest BCUT2D eigenvalue weighted by Crippen LogP contribution is -2.44. The Bertz CT molecular complexity index is 658. The van der Waals surface area contributed by atoms with E-state index in [1.807, 2.05) is 0 Å². The molecule has 1 fully saturated rings.